The Kier molecular flexibility index (Phi) is 3.79. The van der Waals surface area contributed by atoms with E-state index < -0.39 is 0 Å². The predicted molar refractivity (Wildman–Crippen MR) is 59.5 cm³/mol. The fourth-order valence-electron chi connectivity index (χ4n) is 2.78. The fourth-order valence-corrected chi connectivity index (χ4v) is 2.78. The van der Waals surface area contributed by atoms with E-state index in [9.17, 15) is 0 Å². The van der Waals surface area contributed by atoms with Gasteiger partial charge < -0.3 is 10.6 Å². The Hall–Kier alpha value is -0.120. The molecule has 0 bridgehead atoms. The first-order valence-corrected chi connectivity index (χ1v) is 6.02. The van der Waals surface area contributed by atoms with Gasteiger partial charge in [-0.25, -0.2) is 0 Å². The van der Waals surface area contributed by atoms with Gasteiger partial charge in [0.2, 0.25) is 0 Å². The van der Waals surface area contributed by atoms with Crippen LogP contribution in [0.3, 0.4) is 0 Å². The number of piperazine rings is 1. The SMILES string of the molecule is CNC1CCC(N2CCNCC2)CC1. The smallest absolute Gasteiger partial charge is 0.0110 e. The van der Waals surface area contributed by atoms with Crippen molar-refractivity contribution in [3.63, 3.8) is 0 Å². The van der Waals surface area contributed by atoms with Gasteiger partial charge in [-0.15, -0.1) is 0 Å². The third-order valence-corrected chi connectivity index (χ3v) is 3.77. The zero-order valence-electron chi connectivity index (χ0n) is 9.26. The lowest BCUT2D eigenvalue weighted by molar-refractivity contribution is 0.129. The van der Waals surface area contributed by atoms with Crippen LogP contribution in [0.5, 0.6) is 0 Å². The molecular weight excluding hydrogens is 174 g/mol. The third-order valence-electron chi connectivity index (χ3n) is 3.77. The molecule has 0 amide bonds. The Morgan fingerprint density at radius 3 is 2.29 bits per heavy atom. The first-order valence-electron chi connectivity index (χ1n) is 6.02. The van der Waals surface area contributed by atoms with Gasteiger partial charge in [0.25, 0.3) is 0 Å². The van der Waals surface area contributed by atoms with Crippen LogP contribution < -0.4 is 10.6 Å². The average Bonchev–Trinajstić information content (AvgIpc) is 2.30. The normalized spacial score (nSPS) is 35.8. The minimum Gasteiger partial charge on any atom is -0.317 e. The van der Waals surface area contributed by atoms with E-state index in [0.29, 0.717) is 0 Å². The Bertz CT molecular complexity index is 158. The molecule has 0 atom stereocenters. The van der Waals surface area contributed by atoms with Crippen molar-refractivity contribution in [1.82, 2.24) is 15.5 Å². The largest absolute Gasteiger partial charge is 0.317 e. The van der Waals surface area contributed by atoms with Crippen LogP contribution in [0.2, 0.25) is 0 Å². The fraction of sp³-hybridized carbons (Fsp3) is 1.00. The van der Waals surface area contributed by atoms with E-state index in [1.54, 1.807) is 0 Å². The van der Waals surface area contributed by atoms with Crippen molar-refractivity contribution in [2.75, 3.05) is 33.2 Å². The van der Waals surface area contributed by atoms with E-state index in [2.05, 4.69) is 22.6 Å². The lowest BCUT2D eigenvalue weighted by atomic mass is 9.90. The summed E-state index contributed by atoms with van der Waals surface area (Å²) < 4.78 is 0. The molecule has 0 aromatic heterocycles. The summed E-state index contributed by atoms with van der Waals surface area (Å²) in [5, 5.41) is 6.82. The van der Waals surface area contributed by atoms with Crippen LogP contribution in [0.1, 0.15) is 25.7 Å². The molecule has 0 radical (unpaired) electrons. The number of nitrogens with zero attached hydrogens (tertiary/aromatic N) is 1. The molecule has 0 aromatic rings. The second kappa shape index (κ2) is 5.10. The van der Waals surface area contributed by atoms with Crippen molar-refractivity contribution in [1.29, 1.82) is 0 Å². The molecule has 2 aliphatic rings. The molecule has 1 heterocycles. The first kappa shape index (κ1) is 10.4. The van der Waals surface area contributed by atoms with Crippen LogP contribution in [0.15, 0.2) is 0 Å². The molecule has 0 aromatic carbocycles. The van der Waals surface area contributed by atoms with Crippen LogP contribution in [-0.2, 0) is 0 Å². The zero-order valence-corrected chi connectivity index (χ0v) is 9.26. The van der Waals surface area contributed by atoms with Crippen LogP contribution in [0.25, 0.3) is 0 Å². The average molecular weight is 197 g/mol. The van der Waals surface area contributed by atoms with Gasteiger partial charge in [-0.1, -0.05) is 0 Å². The van der Waals surface area contributed by atoms with Crippen molar-refractivity contribution in [3.8, 4) is 0 Å². The summed E-state index contributed by atoms with van der Waals surface area (Å²) >= 11 is 0. The van der Waals surface area contributed by atoms with Crippen molar-refractivity contribution in [2.45, 2.75) is 37.8 Å². The van der Waals surface area contributed by atoms with Gasteiger partial charge >= 0.3 is 0 Å². The maximum atomic E-state index is 3.42. The highest BCUT2D eigenvalue weighted by atomic mass is 15.2. The van der Waals surface area contributed by atoms with Crippen LogP contribution in [-0.4, -0.2) is 50.2 Å². The molecule has 2 fully saturated rings. The second-order valence-corrected chi connectivity index (χ2v) is 4.58. The van der Waals surface area contributed by atoms with E-state index in [4.69, 9.17) is 0 Å². The van der Waals surface area contributed by atoms with Gasteiger partial charge in [0.05, 0.1) is 0 Å². The highest BCUT2D eigenvalue weighted by Crippen LogP contribution is 2.23. The van der Waals surface area contributed by atoms with Gasteiger partial charge in [0, 0.05) is 38.3 Å². The number of rotatable bonds is 2. The Morgan fingerprint density at radius 2 is 1.71 bits per heavy atom. The van der Waals surface area contributed by atoms with Gasteiger partial charge in [0.15, 0.2) is 0 Å². The molecule has 3 nitrogen and oxygen atoms in total. The minimum absolute atomic E-state index is 0.786. The highest BCUT2D eigenvalue weighted by Gasteiger charge is 2.25. The van der Waals surface area contributed by atoms with Gasteiger partial charge in [-0.2, -0.15) is 0 Å². The lowest BCUT2D eigenvalue weighted by Crippen LogP contribution is -2.50. The monoisotopic (exact) mass is 197 g/mol. The van der Waals surface area contributed by atoms with Crippen LogP contribution >= 0.6 is 0 Å². The summed E-state index contributed by atoms with van der Waals surface area (Å²) in [6.07, 6.45) is 5.52. The van der Waals surface area contributed by atoms with Gasteiger partial charge in [-0.05, 0) is 32.7 Å². The Morgan fingerprint density at radius 1 is 1.07 bits per heavy atom. The van der Waals surface area contributed by atoms with E-state index in [-0.39, 0.29) is 0 Å². The van der Waals surface area contributed by atoms with E-state index >= 15 is 0 Å². The summed E-state index contributed by atoms with van der Waals surface area (Å²) in [6.45, 7) is 4.89. The molecule has 1 saturated carbocycles. The first-order chi connectivity index (χ1) is 6.90. The van der Waals surface area contributed by atoms with Gasteiger partial charge in [0.1, 0.15) is 0 Å². The van der Waals surface area contributed by atoms with Gasteiger partial charge in [-0.3, -0.25) is 4.90 Å². The molecule has 0 unspecified atom stereocenters. The number of hydrogen-bond acceptors (Lipinski definition) is 3. The summed E-state index contributed by atoms with van der Waals surface area (Å²) in [4.78, 5) is 2.68. The predicted octanol–water partition coefficient (Wildman–Crippen LogP) is 0.422. The van der Waals surface area contributed by atoms with Crippen LogP contribution in [0, 0.1) is 0 Å². The summed E-state index contributed by atoms with van der Waals surface area (Å²) in [5.41, 5.74) is 0. The topological polar surface area (TPSA) is 27.3 Å². The van der Waals surface area contributed by atoms with Crippen molar-refractivity contribution in [3.05, 3.63) is 0 Å². The number of hydrogen-bond donors (Lipinski definition) is 2. The highest BCUT2D eigenvalue weighted by molar-refractivity contribution is 4.84. The zero-order chi connectivity index (χ0) is 9.80. The third kappa shape index (κ3) is 2.47. The molecule has 82 valence electrons. The molecule has 14 heavy (non-hydrogen) atoms. The van der Waals surface area contributed by atoms with Crippen LogP contribution in [0.4, 0.5) is 0 Å². The Balaban J connectivity index is 1.76. The molecule has 3 heteroatoms. The minimum atomic E-state index is 0.786. The van der Waals surface area contributed by atoms with E-state index in [0.717, 1.165) is 12.1 Å². The quantitative estimate of drug-likeness (QED) is 0.672. The second-order valence-electron chi connectivity index (χ2n) is 4.58. The van der Waals surface area contributed by atoms with Crippen molar-refractivity contribution >= 4 is 0 Å². The molecule has 2 rings (SSSR count). The van der Waals surface area contributed by atoms with Crippen molar-refractivity contribution in [2.24, 2.45) is 0 Å². The van der Waals surface area contributed by atoms with E-state index in [1.807, 2.05) is 0 Å². The summed E-state index contributed by atoms with van der Waals surface area (Å²) in [7, 11) is 2.09. The summed E-state index contributed by atoms with van der Waals surface area (Å²) in [5.74, 6) is 0. The maximum absolute atomic E-state index is 3.42. The molecule has 1 aliphatic heterocycles. The summed E-state index contributed by atoms with van der Waals surface area (Å²) in [6, 6.07) is 1.66. The Labute approximate surface area is 87.2 Å². The van der Waals surface area contributed by atoms with Crippen molar-refractivity contribution < 1.29 is 0 Å². The standard InChI is InChI=1S/C11H23N3/c1-12-10-2-4-11(5-3-10)14-8-6-13-7-9-14/h10-13H,2-9H2,1H3. The lowest BCUT2D eigenvalue weighted by Gasteiger charge is -2.39. The molecule has 0 spiro atoms. The van der Waals surface area contributed by atoms with E-state index in [1.165, 1.54) is 51.9 Å². The maximum Gasteiger partial charge on any atom is 0.0110 e. The molecule has 1 aliphatic carbocycles. The molecule has 1 saturated heterocycles. The number of nitrogens with one attached hydrogen (secondary N) is 2. The molecule has 2 N–H and O–H groups in total. The molecular formula is C11H23N3.